The van der Waals surface area contributed by atoms with Crippen LogP contribution >= 0.6 is 0 Å². The second-order valence-electron chi connectivity index (χ2n) is 6.83. The number of piperidine rings is 1. The Kier molecular flexibility index (Phi) is 4.29. The largest absolute Gasteiger partial charge is 0.356 e. The number of rotatable bonds is 4. The first-order valence-electron chi connectivity index (χ1n) is 8.87. The minimum absolute atomic E-state index is 0.0981. The van der Waals surface area contributed by atoms with Crippen LogP contribution in [0.1, 0.15) is 31.4 Å². The lowest BCUT2D eigenvalue weighted by molar-refractivity contribution is -0.123. The summed E-state index contributed by atoms with van der Waals surface area (Å²) >= 11 is 0. The number of urea groups is 1. The Morgan fingerprint density at radius 3 is 2.68 bits per heavy atom. The zero-order chi connectivity index (χ0) is 17.2. The van der Waals surface area contributed by atoms with Crippen molar-refractivity contribution < 1.29 is 14.1 Å². The molecule has 1 aliphatic heterocycles. The van der Waals surface area contributed by atoms with Crippen molar-refractivity contribution in [3.8, 4) is 0 Å². The first-order chi connectivity index (χ1) is 12.2. The number of carbonyl (C=O) groups excluding carboxylic acids is 2. The van der Waals surface area contributed by atoms with E-state index in [2.05, 4.69) is 15.8 Å². The van der Waals surface area contributed by atoms with Crippen LogP contribution in [0.5, 0.6) is 0 Å². The van der Waals surface area contributed by atoms with Crippen molar-refractivity contribution in [1.29, 1.82) is 0 Å². The summed E-state index contributed by atoms with van der Waals surface area (Å²) in [7, 11) is 0. The summed E-state index contributed by atoms with van der Waals surface area (Å²) in [4.78, 5) is 25.9. The van der Waals surface area contributed by atoms with Gasteiger partial charge in [0.05, 0.1) is 6.54 Å². The predicted octanol–water partition coefficient (Wildman–Crippen LogP) is 2.03. The molecule has 1 aromatic carbocycles. The normalized spacial score (nSPS) is 18.3. The zero-order valence-corrected chi connectivity index (χ0v) is 14.0. The lowest BCUT2D eigenvalue weighted by atomic mass is 10.1. The Balaban J connectivity index is 1.25. The number of likely N-dealkylation sites (tertiary alicyclic amines) is 1. The average molecular weight is 342 g/mol. The maximum absolute atomic E-state index is 12.3. The molecule has 25 heavy (non-hydrogen) atoms. The highest BCUT2D eigenvalue weighted by atomic mass is 16.5. The predicted molar refractivity (Wildman–Crippen MR) is 91.7 cm³/mol. The van der Waals surface area contributed by atoms with Crippen LogP contribution < -0.4 is 10.6 Å². The third-order valence-electron chi connectivity index (χ3n) is 4.94. The van der Waals surface area contributed by atoms with Crippen LogP contribution in [-0.2, 0) is 11.3 Å². The summed E-state index contributed by atoms with van der Waals surface area (Å²) in [6.07, 6.45) is 3.64. The molecule has 1 saturated heterocycles. The number of para-hydroxylation sites is 1. The Morgan fingerprint density at radius 2 is 1.92 bits per heavy atom. The number of fused-ring (bicyclic) bond motifs is 1. The molecule has 0 unspecified atom stereocenters. The van der Waals surface area contributed by atoms with Gasteiger partial charge in [0.2, 0.25) is 5.91 Å². The van der Waals surface area contributed by atoms with Crippen LogP contribution in [0.3, 0.4) is 0 Å². The molecule has 7 nitrogen and oxygen atoms in total. The molecule has 1 aliphatic carbocycles. The lowest BCUT2D eigenvalue weighted by Gasteiger charge is -2.32. The summed E-state index contributed by atoms with van der Waals surface area (Å²) in [5.74, 6) is 0.416. The van der Waals surface area contributed by atoms with Crippen LogP contribution in [0.2, 0.25) is 0 Å². The van der Waals surface area contributed by atoms with E-state index in [0.717, 1.165) is 42.3 Å². The second-order valence-corrected chi connectivity index (χ2v) is 6.83. The van der Waals surface area contributed by atoms with Crippen molar-refractivity contribution >= 4 is 22.9 Å². The van der Waals surface area contributed by atoms with E-state index in [-0.39, 0.29) is 23.9 Å². The molecule has 2 aromatic rings. The highest BCUT2D eigenvalue weighted by Crippen LogP contribution is 2.29. The van der Waals surface area contributed by atoms with Crippen LogP contribution in [0.25, 0.3) is 11.0 Å². The molecule has 1 saturated carbocycles. The van der Waals surface area contributed by atoms with Crippen LogP contribution in [0, 0.1) is 5.92 Å². The SMILES string of the molecule is O=C(NC1CCN(C(=O)NCc2noc3ccccc23)CC1)C1CC1. The highest BCUT2D eigenvalue weighted by Gasteiger charge is 2.32. The number of nitrogens with one attached hydrogen (secondary N) is 2. The van der Waals surface area contributed by atoms with Gasteiger partial charge in [0.15, 0.2) is 5.58 Å². The molecule has 7 heteroatoms. The monoisotopic (exact) mass is 342 g/mol. The molecule has 2 heterocycles. The Hall–Kier alpha value is -2.57. The number of aromatic nitrogens is 1. The van der Waals surface area contributed by atoms with E-state index in [1.165, 1.54) is 0 Å². The molecule has 1 aromatic heterocycles. The van der Waals surface area contributed by atoms with Gasteiger partial charge in [0, 0.05) is 30.4 Å². The van der Waals surface area contributed by atoms with E-state index < -0.39 is 0 Å². The fourth-order valence-corrected chi connectivity index (χ4v) is 3.23. The Morgan fingerprint density at radius 1 is 1.16 bits per heavy atom. The van der Waals surface area contributed by atoms with Crippen LogP contribution in [-0.4, -0.2) is 41.1 Å². The Bertz CT molecular complexity index is 775. The van der Waals surface area contributed by atoms with E-state index >= 15 is 0 Å². The Labute approximate surface area is 145 Å². The highest BCUT2D eigenvalue weighted by molar-refractivity contribution is 5.81. The molecule has 2 aliphatic rings. The van der Waals surface area contributed by atoms with E-state index in [0.29, 0.717) is 19.6 Å². The topological polar surface area (TPSA) is 87.5 Å². The lowest BCUT2D eigenvalue weighted by Crippen LogP contribution is -2.49. The number of nitrogens with zero attached hydrogens (tertiary/aromatic N) is 2. The molecule has 0 radical (unpaired) electrons. The fraction of sp³-hybridized carbons (Fsp3) is 0.500. The van der Waals surface area contributed by atoms with Gasteiger partial charge in [-0.1, -0.05) is 17.3 Å². The maximum atomic E-state index is 12.3. The summed E-state index contributed by atoms with van der Waals surface area (Å²) < 4.78 is 5.25. The third kappa shape index (κ3) is 3.60. The standard InChI is InChI=1S/C18H22N4O3/c23-17(12-5-6-12)20-13-7-9-22(10-8-13)18(24)19-11-15-14-3-1-2-4-16(14)25-21-15/h1-4,12-13H,5-11H2,(H,19,24)(H,20,23). The summed E-state index contributed by atoms with van der Waals surface area (Å²) in [5, 5.41) is 10.9. The van der Waals surface area contributed by atoms with Crippen molar-refractivity contribution in [1.82, 2.24) is 20.7 Å². The van der Waals surface area contributed by atoms with Gasteiger partial charge < -0.3 is 20.1 Å². The van der Waals surface area contributed by atoms with Crippen LogP contribution in [0.4, 0.5) is 4.79 Å². The minimum atomic E-state index is -0.0981. The van der Waals surface area contributed by atoms with E-state index in [1.807, 2.05) is 24.3 Å². The van der Waals surface area contributed by atoms with Gasteiger partial charge in [-0.3, -0.25) is 4.79 Å². The number of hydrogen-bond donors (Lipinski definition) is 2. The quantitative estimate of drug-likeness (QED) is 0.890. The maximum Gasteiger partial charge on any atom is 0.317 e. The minimum Gasteiger partial charge on any atom is -0.356 e. The number of hydrogen-bond acceptors (Lipinski definition) is 4. The molecule has 132 valence electrons. The number of benzene rings is 1. The summed E-state index contributed by atoms with van der Waals surface area (Å²) in [6, 6.07) is 7.69. The van der Waals surface area contributed by atoms with Gasteiger partial charge in [0.1, 0.15) is 5.69 Å². The smallest absolute Gasteiger partial charge is 0.317 e. The van der Waals surface area contributed by atoms with Gasteiger partial charge in [-0.25, -0.2) is 4.79 Å². The first kappa shape index (κ1) is 15.9. The van der Waals surface area contributed by atoms with Gasteiger partial charge in [-0.15, -0.1) is 0 Å². The van der Waals surface area contributed by atoms with Gasteiger partial charge in [0.25, 0.3) is 0 Å². The van der Waals surface area contributed by atoms with Crippen molar-refractivity contribution in [2.75, 3.05) is 13.1 Å². The number of carbonyl (C=O) groups is 2. The summed E-state index contributed by atoms with van der Waals surface area (Å²) in [6.45, 7) is 1.65. The molecular formula is C18H22N4O3. The molecule has 2 fully saturated rings. The van der Waals surface area contributed by atoms with Gasteiger partial charge in [-0.05, 0) is 37.8 Å². The van der Waals surface area contributed by atoms with E-state index in [1.54, 1.807) is 4.90 Å². The molecule has 0 spiro atoms. The zero-order valence-electron chi connectivity index (χ0n) is 14.0. The van der Waals surface area contributed by atoms with Gasteiger partial charge >= 0.3 is 6.03 Å². The third-order valence-corrected chi connectivity index (χ3v) is 4.94. The molecule has 0 atom stereocenters. The molecule has 0 bridgehead atoms. The van der Waals surface area contributed by atoms with Crippen molar-refractivity contribution in [2.24, 2.45) is 5.92 Å². The van der Waals surface area contributed by atoms with Crippen molar-refractivity contribution in [3.63, 3.8) is 0 Å². The van der Waals surface area contributed by atoms with Crippen molar-refractivity contribution in [3.05, 3.63) is 30.0 Å². The van der Waals surface area contributed by atoms with E-state index in [9.17, 15) is 9.59 Å². The molecule has 2 N–H and O–H groups in total. The van der Waals surface area contributed by atoms with Crippen LogP contribution in [0.15, 0.2) is 28.8 Å². The number of amides is 3. The average Bonchev–Trinajstić information content (AvgIpc) is 3.41. The fourth-order valence-electron chi connectivity index (χ4n) is 3.23. The first-order valence-corrected chi connectivity index (χ1v) is 8.87. The van der Waals surface area contributed by atoms with Crippen molar-refractivity contribution in [2.45, 2.75) is 38.3 Å². The molecular weight excluding hydrogens is 320 g/mol. The second kappa shape index (κ2) is 6.74. The van der Waals surface area contributed by atoms with Gasteiger partial charge in [-0.2, -0.15) is 0 Å². The van der Waals surface area contributed by atoms with E-state index in [4.69, 9.17) is 4.52 Å². The molecule has 4 rings (SSSR count). The summed E-state index contributed by atoms with van der Waals surface area (Å²) in [5.41, 5.74) is 1.45. The molecule has 3 amide bonds.